The molecule has 0 aliphatic heterocycles. The molecule has 0 fully saturated rings. The highest BCUT2D eigenvalue weighted by Gasteiger charge is 2.22. The molecule has 3 aromatic heterocycles. The quantitative estimate of drug-likeness (QED) is 0.396. The molecular formula is C25H27BrN6O3. The molecular weight excluding hydrogens is 512 g/mol. The number of ether oxygens (including phenoxy) is 1. The van der Waals surface area contributed by atoms with Crippen LogP contribution in [0.25, 0.3) is 16.9 Å². The van der Waals surface area contributed by atoms with Crippen LogP contribution in [0.5, 0.6) is 5.88 Å². The first kappa shape index (κ1) is 24.7. The summed E-state index contributed by atoms with van der Waals surface area (Å²) < 4.78 is 9.24. The van der Waals surface area contributed by atoms with Crippen molar-refractivity contribution in [1.82, 2.24) is 29.3 Å². The normalized spacial score (nSPS) is 11.7. The Kier molecular flexibility index (Phi) is 6.61. The maximum atomic E-state index is 13.4. The van der Waals surface area contributed by atoms with E-state index in [0.717, 1.165) is 22.4 Å². The Hall–Kier alpha value is -3.37. The van der Waals surface area contributed by atoms with Crippen LogP contribution in [0.4, 0.5) is 0 Å². The Bertz CT molecular complexity index is 1470. The minimum Gasteiger partial charge on any atom is -0.470 e. The number of aliphatic hydroxyl groups is 1. The molecule has 3 heterocycles. The van der Waals surface area contributed by atoms with Crippen molar-refractivity contribution >= 4 is 15.9 Å². The topological polar surface area (TPSA) is 108 Å². The lowest BCUT2D eigenvalue weighted by molar-refractivity contribution is 0.0688. The number of hydrogen-bond acceptors (Lipinski definition) is 7. The molecule has 1 aromatic carbocycles. The van der Waals surface area contributed by atoms with Crippen LogP contribution in [-0.4, -0.2) is 34.4 Å². The zero-order chi connectivity index (χ0) is 25.5. The smallest absolute Gasteiger partial charge is 0.276 e. The van der Waals surface area contributed by atoms with Crippen LogP contribution in [0.15, 0.2) is 45.9 Å². The van der Waals surface area contributed by atoms with Crippen LogP contribution in [0.1, 0.15) is 42.3 Å². The fraction of sp³-hybridized carbons (Fsp3) is 0.320. The third kappa shape index (κ3) is 5.03. The summed E-state index contributed by atoms with van der Waals surface area (Å²) in [6.07, 6.45) is 3.52. The van der Waals surface area contributed by atoms with Crippen molar-refractivity contribution in [2.75, 3.05) is 0 Å². The van der Waals surface area contributed by atoms with E-state index in [1.807, 2.05) is 51.4 Å². The van der Waals surface area contributed by atoms with Crippen molar-refractivity contribution in [3.05, 3.63) is 80.0 Å². The third-order valence-corrected chi connectivity index (χ3v) is 6.21. The molecule has 0 amide bonds. The number of aromatic nitrogens is 6. The molecule has 0 aliphatic rings. The van der Waals surface area contributed by atoms with Crippen LogP contribution >= 0.6 is 15.9 Å². The molecule has 0 aliphatic carbocycles. The van der Waals surface area contributed by atoms with Crippen molar-refractivity contribution in [2.24, 2.45) is 7.05 Å². The van der Waals surface area contributed by atoms with Gasteiger partial charge in [-0.3, -0.25) is 14.0 Å². The first-order chi connectivity index (χ1) is 16.5. The Balaban J connectivity index is 1.76. The lowest BCUT2D eigenvalue weighted by Crippen LogP contribution is -2.24. The van der Waals surface area contributed by atoms with Gasteiger partial charge in [0.05, 0.1) is 17.1 Å². The Morgan fingerprint density at radius 3 is 2.51 bits per heavy atom. The molecule has 1 N–H and O–H groups in total. The molecule has 0 bridgehead atoms. The Morgan fingerprint density at radius 1 is 1.11 bits per heavy atom. The van der Waals surface area contributed by atoms with Gasteiger partial charge in [0.2, 0.25) is 5.88 Å². The lowest BCUT2D eigenvalue weighted by atomic mass is 10.0. The summed E-state index contributed by atoms with van der Waals surface area (Å²) in [5.74, 6) is 1.02. The number of hydrogen-bond donors (Lipinski definition) is 1. The van der Waals surface area contributed by atoms with Gasteiger partial charge in [0.25, 0.3) is 5.56 Å². The predicted molar refractivity (Wildman–Crippen MR) is 136 cm³/mol. The largest absolute Gasteiger partial charge is 0.470 e. The van der Waals surface area contributed by atoms with E-state index in [4.69, 9.17) is 4.74 Å². The summed E-state index contributed by atoms with van der Waals surface area (Å²) in [6.45, 7) is 9.08. The van der Waals surface area contributed by atoms with E-state index in [1.54, 1.807) is 36.2 Å². The van der Waals surface area contributed by atoms with Crippen molar-refractivity contribution in [1.29, 1.82) is 0 Å². The fourth-order valence-electron chi connectivity index (χ4n) is 3.67. The zero-order valence-electron chi connectivity index (χ0n) is 20.5. The van der Waals surface area contributed by atoms with Gasteiger partial charge in [-0.25, -0.2) is 9.97 Å². The van der Waals surface area contributed by atoms with E-state index in [1.165, 1.54) is 0 Å². The molecule has 0 saturated carbocycles. The number of benzene rings is 1. The van der Waals surface area contributed by atoms with E-state index in [-0.39, 0.29) is 22.5 Å². The molecule has 0 atom stereocenters. The summed E-state index contributed by atoms with van der Waals surface area (Å²) in [4.78, 5) is 26.8. The van der Waals surface area contributed by atoms with E-state index >= 15 is 0 Å². The molecule has 0 spiro atoms. The van der Waals surface area contributed by atoms with Crippen molar-refractivity contribution in [2.45, 2.75) is 46.8 Å². The average molecular weight is 539 g/mol. The Morgan fingerprint density at radius 2 is 1.86 bits per heavy atom. The van der Waals surface area contributed by atoms with Gasteiger partial charge in [-0.15, -0.1) is 0 Å². The van der Waals surface area contributed by atoms with Crippen LogP contribution in [0.2, 0.25) is 0 Å². The number of halogens is 1. The van der Waals surface area contributed by atoms with Gasteiger partial charge in [0.1, 0.15) is 22.5 Å². The van der Waals surface area contributed by atoms with Gasteiger partial charge in [-0.2, -0.15) is 10.1 Å². The van der Waals surface area contributed by atoms with Gasteiger partial charge in [0, 0.05) is 25.0 Å². The molecule has 4 aromatic rings. The van der Waals surface area contributed by atoms with E-state index in [0.29, 0.717) is 23.0 Å². The molecule has 4 rings (SSSR count). The van der Waals surface area contributed by atoms with Crippen LogP contribution < -0.4 is 10.3 Å². The van der Waals surface area contributed by atoms with Gasteiger partial charge in [-0.05, 0) is 73.8 Å². The van der Waals surface area contributed by atoms with Crippen molar-refractivity contribution < 1.29 is 9.84 Å². The highest BCUT2D eigenvalue weighted by molar-refractivity contribution is 9.10. The number of nitrogens with zero attached hydrogens (tertiary/aromatic N) is 6. The van der Waals surface area contributed by atoms with Crippen LogP contribution in [-0.2, 0) is 19.3 Å². The van der Waals surface area contributed by atoms with Gasteiger partial charge < -0.3 is 9.84 Å². The van der Waals surface area contributed by atoms with E-state index < -0.39 is 5.60 Å². The maximum Gasteiger partial charge on any atom is 0.276 e. The second-order valence-corrected chi connectivity index (χ2v) is 9.77. The number of rotatable bonds is 6. The molecule has 0 saturated heterocycles. The minimum absolute atomic E-state index is 0.195. The Labute approximate surface area is 211 Å². The molecule has 35 heavy (non-hydrogen) atoms. The standard InChI is InChI=1S/C25H27BrN6O3/c1-14-7-8-17(21-15(2)12-27-24(29-21)25(4,5)34)11-19(14)32-16(3)28-22(20(26)23(32)33)35-13-18-9-10-31(6)30-18/h7-12,34H,13H2,1-6H3. The molecule has 0 unspecified atom stereocenters. The first-order valence-electron chi connectivity index (χ1n) is 11.0. The summed E-state index contributed by atoms with van der Waals surface area (Å²) in [5.41, 5.74) is 3.18. The molecule has 9 nitrogen and oxygen atoms in total. The fourth-order valence-corrected chi connectivity index (χ4v) is 4.05. The second kappa shape index (κ2) is 9.35. The summed E-state index contributed by atoms with van der Waals surface area (Å²) >= 11 is 3.38. The van der Waals surface area contributed by atoms with Crippen molar-refractivity contribution in [3.8, 4) is 22.8 Å². The second-order valence-electron chi connectivity index (χ2n) is 8.97. The highest BCUT2D eigenvalue weighted by atomic mass is 79.9. The maximum absolute atomic E-state index is 13.4. The molecule has 10 heteroatoms. The predicted octanol–water partition coefficient (Wildman–Crippen LogP) is 3.92. The summed E-state index contributed by atoms with van der Waals surface area (Å²) in [7, 11) is 1.83. The van der Waals surface area contributed by atoms with Crippen LogP contribution in [0.3, 0.4) is 0 Å². The number of aryl methyl sites for hydroxylation is 4. The van der Waals surface area contributed by atoms with Gasteiger partial charge in [-0.1, -0.05) is 12.1 Å². The van der Waals surface area contributed by atoms with E-state index in [9.17, 15) is 9.90 Å². The first-order valence-corrected chi connectivity index (χ1v) is 11.8. The van der Waals surface area contributed by atoms with Gasteiger partial charge >= 0.3 is 0 Å². The minimum atomic E-state index is -1.18. The summed E-state index contributed by atoms with van der Waals surface area (Å²) in [6, 6.07) is 7.61. The average Bonchev–Trinajstić information content (AvgIpc) is 3.21. The lowest BCUT2D eigenvalue weighted by Gasteiger charge is -2.18. The van der Waals surface area contributed by atoms with Gasteiger partial charge in [0.15, 0.2) is 5.82 Å². The molecule has 182 valence electrons. The summed E-state index contributed by atoms with van der Waals surface area (Å²) in [5, 5.41) is 14.7. The zero-order valence-corrected chi connectivity index (χ0v) is 22.1. The monoisotopic (exact) mass is 538 g/mol. The van der Waals surface area contributed by atoms with Crippen LogP contribution in [0, 0.1) is 20.8 Å². The van der Waals surface area contributed by atoms with E-state index in [2.05, 4.69) is 36.0 Å². The SMILES string of the molecule is Cc1ccc(-c2nc(C(C)(C)O)ncc2C)cc1-n1c(C)nc(OCc2ccn(C)n2)c(Br)c1=O. The third-order valence-electron chi connectivity index (χ3n) is 5.53. The highest BCUT2D eigenvalue weighted by Crippen LogP contribution is 2.28. The molecule has 0 radical (unpaired) electrons. The van der Waals surface area contributed by atoms with Crippen molar-refractivity contribution in [3.63, 3.8) is 0 Å².